The van der Waals surface area contributed by atoms with E-state index in [0.717, 1.165) is 50.0 Å². The first-order valence-electron chi connectivity index (χ1n) is 10.8. The van der Waals surface area contributed by atoms with E-state index in [2.05, 4.69) is 15.6 Å². The average Bonchev–Trinajstić information content (AvgIpc) is 2.73. The molecule has 2 amide bonds. The maximum atomic E-state index is 13.3. The van der Waals surface area contributed by atoms with Crippen molar-refractivity contribution in [3.05, 3.63) is 47.7 Å². The Kier molecular flexibility index (Phi) is 7.91. The molecule has 10 heteroatoms. The maximum Gasteiger partial charge on any atom is 0.416 e. The minimum absolute atomic E-state index is 0.0788. The molecule has 2 N–H and O–H groups in total. The van der Waals surface area contributed by atoms with Crippen LogP contribution in [0.1, 0.15) is 30.4 Å². The zero-order valence-corrected chi connectivity index (χ0v) is 18.7. The molecule has 3 rings (SSSR count). The molecule has 2 aromatic rings. The number of nitrogens with zero attached hydrogens (tertiary/aromatic N) is 3. The second-order valence-corrected chi connectivity index (χ2v) is 8.26. The van der Waals surface area contributed by atoms with Crippen molar-refractivity contribution in [2.45, 2.75) is 32.4 Å². The number of anilines is 3. The van der Waals surface area contributed by atoms with Gasteiger partial charge in [0.15, 0.2) is 0 Å². The van der Waals surface area contributed by atoms with Crippen molar-refractivity contribution < 1.29 is 22.8 Å². The third-order valence-corrected chi connectivity index (χ3v) is 5.30. The van der Waals surface area contributed by atoms with Crippen LogP contribution in [0.4, 0.5) is 30.4 Å². The molecular formula is C23H28F3N5O2. The highest BCUT2D eigenvalue weighted by atomic mass is 19.4. The molecule has 1 fully saturated rings. The molecule has 1 aromatic carbocycles. The third kappa shape index (κ3) is 7.18. The Morgan fingerprint density at radius 1 is 1.03 bits per heavy atom. The van der Waals surface area contributed by atoms with E-state index in [0.29, 0.717) is 11.5 Å². The minimum atomic E-state index is -4.52. The summed E-state index contributed by atoms with van der Waals surface area (Å²) in [5.41, 5.74) is 0.816. The Balaban J connectivity index is 1.64. The monoisotopic (exact) mass is 463 g/mol. The summed E-state index contributed by atoms with van der Waals surface area (Å²) < 4.78 is 39.8. The maximum absolute atomic E-state index is 13.3. The zero-order valence-electron chi connectivity index (χ0n) is 18.7. The lowest BCUT2D eigenvalue weighted by Gasteiger charge is -2.31. The fourth-order valence-corrected chi connectivity index (χ4v) is 3.75. The molecular weight excluding hydrogens is 435 g/mol. The second-order valence-electron chi connectivity index (χ2n) is 8.26. The number of aromatic nitrogens is 1. The quantitative estimate of drug-likeness (QED) is 0.651. The van der Waals surface area contributed by atoms with Crippen LogP contribution < -0.4 is 15.5 Å². The van der Waals surface area contributed by atoms with E-state index in [1.165, 1.54) is 11.0 Å². The summed E-state index contributed by atoms with van der Waals surface area (Å²) in [5.74, 6) is -0.443. The molecule has 1 aliphatic heterocycles. The van der Waals surface area contributed by atoms with Crippen LogP contribution in [-0.2, 0) is 15.8 Å². The van der Waals surface area contributed by atoms with Gasteiger partial charge in [-0.15, -0.1) is 0 Å². The minimum Gasteiger partial charge on any atom is -0.370 e. The highest BCUT2D eigenvalue weighted by Crippen LogP contribution is 2.36. The number of piperidine rings is 1. The van der Waals surface area contributed by atoms with E-state index in [9.17, 15) is 22.8 Å². The molecule has 7 nitrogen and oxygen atoms in total. The summed E-state index contributed by atoms with van der Waals surface area (Å²) in [6.07, 6.45) is 0.0313. The Morgan fingerprint density at radius 3 is 2.33 bits per heavy atom. The highest BCUT2D eigenvalue weighted by Gasteiger charge is 2.32. The highest BCUT2D eigenvalue weighted by molar-refractivity contribution is 5.96. The van der Waals surface area contributed by atoms with Crippen LogP contribution in [0, 0.1) is 6.92 Å². The van der Waals surface area contributed by atoms with Gasteiger partial charge in [0.25, 0.3) is 0 Å². The molecule has 0 spiro atoms. The topological polar surface area (TPSA) is 77.6 Å². The number of hydrogen-bond acceptors (Lipinski definition) is 5. The van der Waals surface area contributed by atoms with Gasteiger partial charge in [0.1, 0.15) is 5.82 Å². The van der Waals surface area contributed by atoms with Crippen LogP contribution in [0.15, 0.2) is 36.5 Å². The van der Waals surface area contributed by atoms with Gasteiger partial charge in [0.2, 0.25) is 11.8 Å². The van der Waals surface area contributed by atoms with Crippen molar-refractivity contribution in [2.24, 2.45) is 0 Å². The number of pyridine rings is 1. The lowest BCUT2D eigenvalue weighted by Crippen LogP contribution is -2.36. The number of alkyl halides is 3. The van der Waals surface area contributed by atoms with Gasteiger partial charge in [-0.1, -0.05) is 0 Å². The first kappa shape index (κ1) is 24.5. The summed E-state index contributed by atoms with van der Waals surface area (Å²) >= 11 is 0. The Hall–Kier alpha value is -3.14. The predicted octanol–water partition coefficient (Wildman–Crippen LogP) is 3.91. The number of hydrogen-bond donors (Lipinski definition) is 2. The zero-order chi connectivity index (χ0) is 24.0. The van der Waals surface area contributed by atoms with Crippen LogP contribution in [-0.4, -0.2) is 54.9 Å². The van der Waals surface area contributed by atoms with Crippen molar-refractivity contribution >= 4 is 29.0 Å². The van der Waals surface area contributed by atoms with Crippen LogP contribution in [0.5, 0.6) is 0 Å². The first-order valence-corrected chi connectivity index (χ1v) is 10.8. The van der Waals surface area contributed by atoms with Crippen molar-refractivity contribution in [3.8, 4) is 0 Å². The van der Waals surface area contributed by atoms with Crippen molar-refractivity contribution in [1.82, 2.24) is 9.88 Å². The Morgan fingerprint density at radius 2 is 1.70 bits per heavy atom. The fraction of sp³-hybridized carbons (Fsp3) is 0.435. The Bertz CT molecular complexity index is 990. The number of rotatable bonds is 7. The largest absolute Gasteiger partial charge is 0.416 e. The number of likely N-dealkylation sites (N-methyl/N-ethyl adjacent to an activating group) is 1. The van der Waals surface area contributed by atoms with Crippen LogP contribution >= 0.6 is 0 Å². The van der Waals surface area contributed by atoms with Gasteiger partial charge in [-0.3, -0.25) is 14.5 Å². The van der Waals surface area contributed by atoms with E-state index in [4.69, 9.17) is 0 Å². The van der Waals surface area contributed by atoms with Crippen LogP contribution in [0.25, 0.3) is 0 Å². The van der Waals surface area contributed by atoms with E-state index >= 15 is 0 Å². The number of carbonyl (C=O) groups excluding carboxylic acids is 2. The van der Waals surface area contributed by atoms with Gasteiger partial charge >= 0.3 is 6.18 Å². The summed E-state index contributed by atoms with van der Waals surface area (Å²) in [4.78, 5) is 32.4. The molecule has 0 radical (unpaired) electrons. The summed E-state index contributed by atoms with van der Waals surface area (Å²) in [7, 11) is 1.58. The standard InChI is InChI=1S/C23H28F3N5O2/c1-16-8-9-27-20(12-16)29-22(33)15-30(2)14-21(32)28-18-13-17(23(24,25)26)6-7-19(18)31-10-4-3-5-11-31/h6-9,12-13H,3-5,10-11,14-15H2,1-2H3,(H,28,32)(H,27,29,33). The molecule has 0 atom stereocenters. The average molecular weight is 464 g/mol. The van der Waals surface area contributed by atoms with Gasteiger partial charge in [-0.05, 0) is 69.1 Å². The van der Waals surface area contributed by atoms with Crippen molar-refractivity contribution in [2.75, 3.05) is 48.8 Å². The SMILES string of the molecule is Cc1ccnc(NC(=O)CN(C)CC(=O)Nc2cc(C(F)(F)F)ccc2N2CCCCC2)c1. The molecule has 0 aliphatic carbocycles. The summed E-state index contributed by atoms with van der Waals surface area (Å²) in [6, 6.07) is 6.95. The van der Waals surface area contributed by atoms with E-state index in [1.807, 2.05) is 11.8 Å². The molecule has 178 valence electrons. The van der Waals surface area contributed by atoms with Crippen LogP contribution in [0.3, 0.4) is 0 Å². The molecule has 1 aromatic heterocycles. The van der Waals surface area contributed by atoms with Crippen molar-refractivity contribution in [3.63, 3.8) is 0 Å². The normalized spacial score (nSPS) is 14.3. The van der Waals surface area contributed by atoms with E-state index in [-0.39, 0.29) is 24.7 Å². The van der Waals surface area contributed by atoms with Gasteiger partial charge in [-0.2, -0.15) is 13.2 Å². The number of carbonyl (C=O) groups is 2. The predicted molar refractivity (Wildman–Crippen MR) is 121 cm³/mol. The number of amides is 2. The molecule has 0 unspecified atom stereocenters. The third-order valence-electron chi connectivity index (χ3n) is 5.30. The first-order chi connectivity index (χ1) is 15.6. The fourth-order valence-electron chi connectivity index (χ4n) is 3.75. The second kappa shape index (κ2) is 10.7. The number of aryl methyl sites for hydroxylation is 1. The summed E-state index contributed by atoms with van der Waals surface area (Å²) in [5, 5.41) is 5.27. The van der Waals surface area contributed by atoms with Crippen molar-refractivity contribution in [1.29, 1.82) is 0 Å². The Labute approximate surface area is 191 Å². The van der Waals surface area contributed by atoms with E-state index < -0.39 is 17.6 Å². The molecule has 2 heterocycles. The lowest BCUT2D eigenvalue weighted by molar-refractivity contribution is -0.137. The van der Waals surface area contributed by atoms with Gasteiger partial charge in [-0.25, -0.2) is 4.98 Å². The molecule has 1 saturated heterocycles. The van der Waals surface area contributed by atoms with Gasteiger partial charge < -0.3 is 15.5 Å². The summed E-state index contributed by atoms with van der Waals surface area (Å²) in [6.45, 7) is 3.08. The molecule has 1 aliphatic rings. The van der Waals surface area contributed by atoms with E-state index in [1.54, 1.807) is 25.4 Å². The van der Waals surface area contributed by atoms with Gasteiger partial charge in [0, 0.05) is 19.3 Å². The molecule has 0 bridgehead atoms. The number of nitrogens with one attached hydrogen (secondary N) is 2. The molecule has 0 saturated carbocycles. The number of benzene rings is 1. The number of halogens is 3. The smallest absolute Gasteiger partial charge is 0.370 e. The van der Waals surface area contributed by atoms with Gasteiger partial charge in [0.05, 0.1) is 30.0 Å². The molecule has 33 heavy (non-hydrogen) atoms. The lowest BCUT2D eigenvalue weighted by atomic mass is 10.1. The van der Waals surface area contributed by atoms with Crippen LogP contribution in [0.2, 0.25) is 0 Å².